The standard InChI is InChI=1S/C22H15F7O/c1-2-3-4-5-12-8-16(23)19(17(24)9-12)22(28,29)30-14-6-7-15-13(10-14)11-18(25)21(27)20(15)26/h2-3,6-11H,4-5H2,1H3/b3-2+. The van der Waals surface area contributed by atoms with E-state index < -0.39 is 46.5 Å². The van der Waals surface area contributed by atoms with E-state index in [0.29, 0.717) is 12.5 Å². The number of benzene rings is 3. The third-order valence-corrected chi connectivity index (χ3v) is 4.42. The van der Waals surface area contributed by atoms with E-state index in [0.717, 1.165) is 30.3 Å². The Morgan fingerprint density at radius 3 is 2.17 bits per heavy atom. The molecule has 0 amide bonds. The lowest BCUT2D eigenvalue weighted by Gasteiger charge is -2.20. The maximum Gasteiger partial charge on any atom is 0.432 e. The van der Waals surface area contributed by atoms with E-state index in [4.69, 9.17) is 0 Å². The van der Waals surface area contributed by atoms with Crippen molar-refractivity contribution in [3.05, 3.63) is 88.8 Å². The van der Waals surface area contributed by atoms with Crippen LogP contribution in [0.25, 0.3) is 10.8 Å². The lowest BCUT2D eigenvalue weighted by Crippen LogP contribution is -2.25. The first-order chi connectivity index (χ1) is 14.1. The Morgan fingerprint density at radius 1 is 0.867 bits per heavy atom. The highest BCUT2D eigenvalue weighted by molar-refractivity contribution is 5.84. The molecular formula is C22H15F7O. The number of hydrogen-bond donors (Lipinski definition) is 0. The Labute approximate surface area is 167 Å². The zero-order valence-electron chi connectivity index (χ0n) is 15.6. The van der Waals surface area contributed by atoms with Crippen molar-refractivity contribution in [1.82, 2.24) is 0 Å². The van der Waals surface area contributed by atoms with Crippen LogP contribution in [-0.4, -0.2) is 0 Å². The van der Waals surface area contributed by atoms with E-state index in [1.54, 1.807) is 19.1 Å². The van der Waals surface area contributed by atoms with Crippen LogP contribution < -0.4 is 4.74 Å². The molecule has 0 bridgehead atoms. The number of hydrogen-bond acceptors (Lipinski definition) is 1. The lowest BCUT2D eigenvalue weighted by molar-refractivity contribution is -0.189. The molecule has 0 heterocycles. The molecule has 0 unspecified atom stereocenters. The summed E-state index contributed by atoms with van der Waals surface area (Å²) >= 11 is 0. The highest BCUT2D eigenvalue weighted by Gasteiger charge is 2.41. The zero-order chi connectivity index (χ0) is 22.1. The zero-order valence-corrected chi connectivity index (χ0v) is 15.6. The second-order valence-electron chi connectivity index (χ2n) is 6.53. The van der Waals surface area contributed by atoms with Gasteiger partial charge in [0, 0.05) is 5.39 Å². The molecule has 3 aromatic carbocycles. The van der Waals surface area contributed by atoms with E-state index >= 15 is 0 Å². The van der Waals surface area contributed by atoms with Gasteiger partial charge in [0.15, 0.2) is 17.5 Å². The van der Waals surface area contributed by atoms with Crippen LogP contribution >= 0.6 is 0 Å². The van der Waals surface area contributed by atoms with Crippen LogP contribution in [0.1, 0.15) is 24.5 Å². The van der Waals surface area contributed by atoms with E-state index in [9.17, 15) is 30.7 Å². The maximum absolute atomic E-state index is 14.5. The molecule has 0 saturated carbocycles. The van der Waals surface area contributed by atoms with Crippen molar-refractivity contribution >= 4 is 10.8 Å². The third-order valence-electron chi connectivity index (χ3n) is 4.42. The molecule has 0 fully saturated rings. The van der Waals surface area contributed by atoms with Crippen molar-refractivity contribution in [3.8, 4) is 5.75 Å². The minimum Gasteiger partial charge on any atom is -0.429 e. The second-order valence-corrected chi connectivity index (χ2v) is 6.53. The Kier molecular flexibility index (Phi) is 6.05. The van der Waals surface area contributed by atoms with Crippen molar-refractivity contribution in [2.75, 3.05) is 0 Å². The molecule has 0 radical (unpaired) electrons. The Hall–Kier alpha value is -3.03. The van der Waals surface area contributed by atoms with Gasteiger partial charge in [-0.25, -0.2) is 22.0 Å². The Bertz CT molecular complexity index is 1100. The largest absolute Gasteiger partial charge is 0.432 e. The minimum atomic E-state index is -4.42. The molecule has 0 aliphatic rings. The van der Waals surface area contributed by atoms with Gasteiger partial charge in [0.25, 0.3) is 0 Å². The highest BCUT2D eigenvalue weighted by atomic mass is 19.3. The number of allylic oxidation sites excluding steroid dienone is 2. The number of halogens is 7. The van der Waals surface area contributed by atoms with Crippen molar-refractivity contribution in [1.29, 1.82) is 0 Å². The van der Waals surface area contributed by atoms with Crippen LogP contribution in [0.15, 0.2) is 48.6 Å². The molecule has 8 heteroatoms. The summed E-state index contributed by atoms with van der Waals surface area (Å²) in [6, 6.07) is 4.77. The topological polar surface area (TPSA) is 9.23 Å². The molecule has 0 saturated heterocycles. The van der Waals surface area contributed by atoms with Crippen molar-refractivity contribution in [2.45, 2.75) is 25.9 Å². The summed E-state index contributed by atoms with van der Waals surface area (Å²) in [5.74, 6) is -8.32. The number of alkyl halides is 2. The van der Waals surface area contributed by atoms with Crippen LogP contribution in [0.2, 0.25) is 0 Å². The van der Waals surface area contributed by atoms with E-state index in [2.05, 4.69) is 4.74 Å². The third kappa shape index (κ3) is 4.27. The second kappa shape index (κ2) is 8.38. The van der Waals surface area contributed by atoms with Gasteiger partial charge in [0.1, 0.15) is 22.9 Å². The van der Waals surface area contributed by atoms with Crippen molar-refractivity contribution < 1.29 is 35.5 Å². The monoisotopic (exact) mass is 428 g/mol. The van der Waals surface area contributed by atoms with Gasteiger partial charge in [0.05, 0.1) is 0 Å². The fourth-order valence-electron chi connectivity index (χ4n) is 3.01. The summed E-state index contributed by atoms with van der Waals surface area (Å²) in [5, 5.41) is -0.632. The Balaban J connectivity index is 1.93. The predicted octanol–water partition coefficient (Wildman–Crippen LogP) is 7.17. The molecule has 3 aromatic rings. The van der Waals surface area contributed by atoms with Gasteiger partial charge in [-0.2, -0.15) is 8.78 Å². The quantitative estimate of drug-likeness (QED) is 0.230. The molecule has 0 aromatic heterocycles. The van der Waals surface area contributed by atoms with Crippen molar-refractivity contribution in [2.24, 2.45) is 0 Å². The number of ether oxygens (including phenoxy) is 1. The van der Waals surface area contributed by atoms with Crippen LogP contribution in [0.3, 0.4) is 0 Å². The van der Waals surface area contributed by atoms with Gasteiger partial charge in [-0.05, 0) is 67.1 Å². The van der Waals surface area contributed by atoms with E-state index in [1.165, 1.54) is 0 Å². The molecule has 1 nitrogen and oxygen atoms in total. The number of aryl methyl sites for hydroxylation is 1. The molecular weight excluding hydrogens is 413 g/mol. The summed E-state index contributed by atoms with van der Waals surface area (Å²) in [7, 11) is 0. The van der Waals surface area contributed by atoms with Crippen LogP contribution in [0, 0.1) is 29.1 Å². The molecule has 3 rings (SSSR count). The summed E-state index contributed by atoms with van der Waals surface area (Å²) in [5.41, 5.74) is -1.39. The molecule has 0 aliphatic carbocycles. The predicted molar refractivity (Wildman–Crippen MR) is 97.8 cm³/mol. The SMILES string of the molecule is C/C=C/CCc1cc(F)c(C(F)(F)Oc2ccc3c(F)c(F)c(F)cc3c2)c(F)c1. The van der Waals surface area contributed by atoms with Crippen LogP contribution in [-0.2, 0) is 12.5 Å². The summed E-state index contributed by atoms with van der Waals surface area (Å²) < 4.78 is 102. The van der Waals surface area contributed by atoms with Gasteiger partial charge >= 0.3 is 6.11 Å². The number of rotatable bonds is 6. The van der Waals surface area contributed by atoms with Gasteiger partial charge in [-0.1, -0.05) is 12.2 Å². The summed E-state index contributed by atoms with van der Waals surface area (Å²) in [6.45, 7) is 1.77. The van der Waals surface area contributed by atoms with Crippen molar-refractivity contribution in [3.63, 3.8) is 0 Å². The lowest BCUT2D eigenvalue weighted by atomic mass is 10.0. The molecule has 0 aliphatic heterocycles. The van der Waals surface area contributed by atoms with Crippen LogP contribution in [0.5, 0.6) is 5.75 Å². The molecule has 0 spiro atoms. The van der Waals surface area contributed by atoms with E-state index in [-0.39, 0.29) is 22.8 Å². The summed E-state index contributed by atoms with van der Waals surface area (Å²) in [6.07, 6.45) is -0.173. The molecule has 0 atom stereocenters. The van der Waals surface area contributed by atoms with Gasteiger partial charge < -0.3 is 4.74 Å². The number of fused-ring (bicyclic) bond motifs is 1. The van der Waals surface area contributed by atoms with E-state index in [1.807, 2.05) is 0 Å². The molecule has 30 heavy (non-hydrogen) atoms. The first-order valence-corrected chi connectivity index (χ1v) is 8.87. The first kappa shape index (κ1) is 21.7. The van der Waals surface area contributed by atoms with Gasteiger partial charge in [-0.3, -0.25) is 0 Å². The van der Waals surface area contributed by atoms with Gasteiger partial charge in [0.2, 0.25) is 0 Å². The normalized spacial score (nSPS) is 12.1. The smallest absolute Gasteiger partial charge is 0.429 e. The fourth-order valence-corrected chi connectivity index (χ4v) is 3.01. The Morgan fingerprint density at radius 2 is 1.53 bits per heavy atom. The maximum atomic E-state index is 14.5. The average molecular weight is 428 g/mol. The minimum absolute atomic E-state index is 0.196. The molecule has 0 N–H and O–H groups in total. The first-order valence-electron chi connectivity index (χ1n) is 8.87. The summed E-state index contributed by atoms with van der Waals surface area (Å²) in [4.78, 5) is 0. The van der Waals surface area contributed by atoms with Gasteiger partial charge in [-0.15, -0.1) is 0 Å². The highest BCUT2D eigenvalue weighted by Crippen LogP contribution is 2.37. The van der Waals surface area contributed by atoms with Crippen LogP contribution in [0.4, 0.5) is 30.7 Å². The molecule has 158 valence electrons. The fraction of sp³-hybridized carbons (Fsp3) is 0.182. The average Bonchev–Trinajstić information content (AvgIpc) is 2.65.